The molecule has 0 radical (unpaired) electrons. The summed E-state index contributed by atoms with van der Waals surface area (Å²) in [5.74, 6) is 0.256. The van der Waals surface area contributed by atoms with E-state index in [1.54, 1.807) is 12.1 Å². The maximum absolute atomic E-state index is 12.6. The van der Waals surface area contributed by atoms with Crippen molar-refractivity contribution in [3.63, 3.8) is 0 Å². The van der Waals surface area contributed by atoms with Crippen molar-refractivity contribution in [1.82, 2.24) is 15.1 Å². The summed E-state index contributed by atoms with van der Waals surface area (Å²) in [6.45, 7) is 6.21. The number of hydrogen-bond acceptors (Lipinski definition) is 4. The van der Waals surface area contributed by atoms with Crippen LogP contribution in [-0.4, -0.2) is 47.8 Å². The molecule has 6 nitrogen and oxygen atoms in total. The van der Waals surface area contributed by atoms with Crippen molar-refractivity contribution in [3.05, 3.63) is 94.9 Å². The number of hydrogen-bond donors (Lipinski definition) is 1. The first-order valence-electron chi connectivity index (χ1n) is 10.6. The van der Waals surface area contributed by atoms with Gasteiger partial charge in [0.2, 0.25) is 0 Å². The molecular weight excluding hydrogens is 390 g/mol. The van der Waals surface area contributed by atoms with E-state index in [-0.39, 0.29) is 11.8 Å². The maximum Gasteiger partial charge on any atom is 0.289 e. The monoisotopic (exact) mass is 417 g/mol. The molecule has 2 aromatic carbocycles. The Hall–Kier alpha value is -3.38. The average molecular weight is 418 g/mol. The van der Waals surface area contributed by atoms with Crippen LogP contribution in [-0.2, 0) is 13.1 Å². The summed E-state index contributed by atoms with van der Waals surface area (Å²) in [6.07, 6.45) is 1.52. The normalized spacial score (nSPS) is 14.4. The largest absolute Gasteiger partial charge is 0.459 e. The lowest BCUT2D eigenvalue weighted by atomic mass is 10.1. The van der Waals surface area contributed by atoms with E-state index in [1.165, 1.54) is 11.8 Å². The summed E-state index contributed by atoms with van der Waals surface area (Å²) in [5, 5.41) is 3.00. The average Bonchev–Trinajstić information content (AvgIpc) is 3.33. The zero-order valence-corrected chi connectivity index (χ0v) is 17.7. The second-order valence-electron chi connectivity index (χ2n) is 7.92. The van der Waals surface area contributed by atoms with Gasteiger partial charge in [-0.1, -0.05) is 42.0 Å². The van der Waals surface area contributed by atoms with Crippen LogP contribution in [0.2, 0.25) is 0 Å². The van der Waals surface area contributed by atoms with Gasteiger partial charge in [-0.05, 0) is 42.3 Å². The molecule has 0 unspecified atom stereocenters. The summed E-state index contributed by atoms with van der Waals surface area (Å²) in [7, 11) is 0. The van der Waals surface area contributed by atoms with Crippen LogP contribution in [0.15, 0.2) is 71.3 Å². The minimum absolute atomic E-state index is 0.0584. The third kappa shape index (κ3) is 5.41. The third-order valence-electron chi connectivity index (χ3n) is 5.52. The second-order valence-corrected chi connectivity index (χ2v) is 7.92. The van der Waals surface area contributed by atoms with Gasteiger partial charge in [-0.15, -0.1) is 0 Å². The predicted molar refractivity (Wildman–Crippen MR) is 119 cm³/mol. The lowest BCUT2D eigenvalue weighted by molar-refractivity contribution is 0.0597. The van der Waals surface area contributed by atoms with E-state index in [4.69, 9.17) is 4.42 Å². The summed E-state index contributed by atoms with van der Waals surface area (Å²) in [6, 6.07) is 19.3. The molecule has 2 heterocycles. The molecule has 1 aliphatic heterocycles. The summed E-state index contributed by atoms with van der Waals surface area (Å²) < 4.78 is 5.22. The van der Waals surface area contributed by atoms with Crippen LogP contribution in [0, 0.1) is 6.92 Å². The van der Waals surface area contributed by atoms with Crippen molar-refractivity contribution in [1.29, 1.82) is 0 Å². The van der Waals surface area contributed by atoms with Gasteiger partial charge >= 0.3 is 0 Å². The molecule has 0 spiro atoms. The minimum Gasteiger partial charge on any atom is -0.459 e. The second kappa shape index (κ2) is 9.62. The first-order chi connectivity index (χ1) is 15.1. The molecule has 0 bridgehead atoms. The van der Waals surface area contributed by atoms with Crippen molar-refractivity contribution >= 4 is 11.8 Å². The van der Waals surface area contributed by atoms with Crippen LogP contribution in [0.1, 0.15) is 37.6 Å². The van der Waals surface area contributed by atoms with Crippen molar-refractivity contribution in [2.45, 2.75) is 20.0 Å². The van der Waals surface area contributed by atoms with Gasteiger partial charge in [0.1, 0.15) is 0 Å². The van der Waals surface area contributed by atoms with Crippen molar-refractivity contribution in [2.24, 2.45) is 0 Å². The highest BCUT2D eigenvalue weighted by Gasteiger charge is 2.23. The van der Waals surface area contributed by atoms with Gasteiger partial charge < -0.3 is 14.6 Å². The Morgan fingerprint density at radius 2 is 1.71 bits per heavy atom. The van der Waals surface area contributed by atoms with Crippen LogP contribution < -0.4 is 5.32 Å². The van der Waals surface area contributed by atoms with Gasteiger partial charge in [-0.2, -0.15) is 0 Å². The van der Waals surface area contributed by atoms with E-state index in [0.29, 0.717) is 31.0 Å². The van der Waals surface area contributed by atoms with Gasteiger partial charge in [-0.25, -0.2) is 0 Å². The molecule has 1 fully saturated rings. The Kier molecular flexibility index (Phi) is 6.48. The first-order valence-corrected chi connectivity index (χ1v) is 10.6. The lowest BCUT2D eigenvalue weighted by Crippen LogP contribution is -2.48. The number of nitrogens with zero attached hydrogens (tertiary/aromatic N) is 2. The lowest BCUT2D eigenvalue weighted by Gasteiger charge is -2.34. The molecule has 0 aliphatic carbocycles. The number of rotatable bonds is 6. The molecule has 2 amide bonds. The number of carbonyl (C=O) groups is 2. The third-order valence-corrected chi connectivity index (χ3v) is 5.52. The summed E-state index contributed by atoms with van der Waals surface area (Å²) in [4.78, 5) is 29.1. The Morgan fingerprint density at radius 3 is 2.45 bits per heavy atom. The fraction of sp³-hybridized carbons (Fsp3) is 0.280. The molecular formula is C25H27N3O3. The fourth-order valence-corrected chi connectivity index (χ4v) is 3.84. The first kappa shape index (κ1) is 20.9. The van der Waals surface area contributed by atoms with Gasteiger partial charge in [-0.3, -0.25) is 14.5 Å². The fourth-order valence-electron chi connectivity index (χ4n) is 3.84. The van der Waals surface area contributed by atoms with Crippen LogP contribution in [0.3, 0.4) is 0 Å². The number of piperazine rings is 1. The maximum atomic E-state index is 12.6. The predicted octanol–water partition coefficient (Wildman–Crippen LogP) is 3.48. The number of benzene rings is 2. The van der Waals surface area contributed by atoms with Gasteiger partial charge in [0.05, 0.1) is 6.26 Å². The molecule has 1 aromatic heterocycles. The van der Waals surface area contributed by atoms with E-state index < -0.39 is 0 Å². The van der Waals surface area contributed by atoms with Gasteiger partial charge in [0, 0.05) is 44.8 Å². The van der Waals surface area contributed by atoms with Crippen LogP contribution in [0.25, 0.3) is 0 Å². The number of amides is 2. The number of aryl methyl sites for hydroxylation is 1. The van der Waals surface area contributed by atoms with Crippen molar-refractivity contribution < 1.29 is 14.0 Å². The van der Waals surface area contributed by atoms with Gasteiger partial charge in [0.15, 0.2) is 5.76 Å². The molecule has 31 heavy (non-hydrogen) atoms. The Balaban J connectivity index is 1.29. The number of furan rings is 1. The zero-order chi connectivity index (χ0) is 21.6. The quantitative estimate of drug-likeness (QED) is 0.667. The molecule has 1 saturated heterocycles. The molecule has 3 aromatic rings. The van der Waals surface area contributed by atoms with Gasteiger partial charge in [0.25, 0.3) is 11.8 Å². The van der Waals surface area contributed by atoms with E-state index in [1.807, 2.05) is 54.3 Å². The SMILES string of the molecule is Cc1cccc(CNC(=O)c2cccc(CN3CCN(C(=O)c4ccco4)CC3)c2)c1. The summed E-state index contributed by atoms with van der Waals surface area (Å²) >= 11 is 0. The standard InChI is InChI=1S/C25H27N3O3/c1-19-5-2-6-20(15-19)17-26-24(29)22-8-3-7-21(16-22)18-27-10-12-28(13-11-27)25(30)23-9-4-14-31-23/h2-9,14-16H,10-13,17-18H2,1H3,(H,26,29). The molecule has 0 atom stereocenters. The summed E-state index contributed by atoms with van der Waals surface area (Å²) in [5.41, 5.74) is 4.02. The molecule has 4 rings (SSSR count). The van der Waals surface area contributed by atoms with E-state index in [2.05, 4.69) is 16.3 Å². The molecule has 1 N–H and O–H groups in total. The van der Waals surface area contributed by atoms with Crippen LogP contribution >= 0.6 is 0 Å². The van der Waals surface area contributed by atoms with Crippen LogP contribution in [0.5, 0.6) is 0 Å². The topological polar surface area (TPSA) is 65.8 Å². The molecule has 1 aliphatic rings. The minimum atomic E-state index is -0.0720. The van der Waals surface area contributed by atoms with Crippen LogP contribution in [0.4, 0.5) is 0 Å². The van der Waals surface area contributed by atoms with Crippen molar-refractivity contribution in [3.8, 4) is 0 Å². The zero-order valence-electron chi connectivity index (χ0n) is 17.7. The smallest absolute Gasteiger partial charge is 0.289 e. The Bertz CT molecular complexity index is 1040. The molecule has 160 valence electrons. The van der Waals surface area contributed by atoms with E-state index in [0.717, 1.165) is 30.8 Å². The van der Waals surface area contributed by atoms with Crippen molar-refractivity contribution in [2.75, 3.05) is 26.2 Å². The highest BCUT2D eigenvalue weighted by atomic mass is 16.3. The highest BCUT2D eigenvalue weighted by molar-refractivity contribution is 5.94. The Morgan fingerprint density at radius 1 is 0.935 bits per heavy atom. The molecule has 0 saturated carbocycles. The highest BCUT2D eigenvalue weighted by Crippen LogP contribution is 2.14. The Labute approximate surface area is 182 Å². The van der Waals surface area contributed by atoms with E-state index >= 15 is 0 Å². The molecule has 6 heteroatoms. The van der Waals surface area contributed by atoms with E-state index in [9.17, 15) is 9.59 Å². The number of nitrogens with one attached hydrogen (secondary N) is 1. The number of carbonyl (C=O) groups excluding carboxylic acids is 2.